The van der Waals surface area contributed by atoms with Crippen LogP contribution in [0.4, 0.5) is 11.4 Å². The molecular weight excluding hydrogens is 320 g/mol. The molecule has 0 heterocycles. The molecule has 0 saturated carbocycles. The van der Waals surface area contributed by atoms with Crippen LogP contribution in [-0.2, 0) is 9.59 Å². The molecule has 2 aromatic carbocycles. The van der Waals surface area contributed by atoms with E-state index in [0.29, 0.717) is 35.7 Å². The molecule has 0 unspecified atom stereocenters. The Morgan fingerprint density at radius 2 is 1.24 bits per heavy atom. The van der Waals surface area contributed by atoms with Crippen LogP contribution in [0.1, 0.15) is 26.2 Å². The molecule has 2 aromatic rings. The maximum Gasteiger partial charge on any atom is 0.325 e. The Kier molecular flexibility index (Phi) is 6.39. The fraction of sp³-hybridized carbons (Fsp3) is 0.263. The zero-order chi connectivity index (χ0) is 18.2. The van der Waals surface area contributed by atoms with E-state index in [4.69, 9.17) is 20.9 Å². The van der Waals surface area contributed by atoms with Crippen molar-refractivity contribution in [2.75, 3.05) is 11.5 Å². The third kappa shape index (κ3) is 5.53. The number of nitrogens with two attached hydrogens (primary N) is 2. The van der Waals surface area contributed by atoms with Gasteiger partial charge in [-0.2, -0.15) is 0 Å². The van der Waals surface area contributed by atoms with E-state index in [-0.39, 0.29) is 0 Å². The van der Waals surface area contributed by atoms with Gasteiger partial charge in [-0.15, -0.1) is 0 Å². The number of anilines is 2. The molecule has 25 heavy (non-hydrogen) atoms. The van der Waals surface area contributed by atoms with Crippen molar-refractivity contribution in [3.8, 4) is 11.5 Å². The zero-order valence-corrected chi connectivity index (χ0v) is 14.1. The van der Waals surface area contributed by atoms with Gasteiger partial charge in [0.1, 0.15) is 11.5 Å². The molecule has 0 radical (unpaired) electrons. The summed E-state index contributed by atoms with van der Waals surface area (Å²) in [5.74, 6) is -1.60. The Bertz CT molecular complexity index is 652. The number of hydrogen-bond acceptors (Lipinski definition) is 6. The molecule has 0 fully saturated rings. The molecule has 6 nitrogen and oxygen atoms in total. The van der Waals surface area contributed by atoms with Crippen LogP contribution in [0.3, 0.4) is 0 Å². The molecular formula is C19H22N2O4. The number of unbranched alkanes of at least 4 members (excludes halogenated alkanes) is 1. The summed E-state index contributed by atoms with van der Waals surface area (Å²) in [5, 5.41) is 0. The number of esters is 2. The minimum atomic E-state index is -0.991. The summed E-state index contributed by atoms with van der Waals surface area (Å²) < 4.78 is 10.6. The summed E-state index contributed by atoms with van der Waals surface area (Å²) in [7, 11) is 0. The SMILES string of the molecule is CCCCC(C(=O)Oc1ccc(N)cc1)C(=O)Oc1ccc(N)cc1. The first-order valence-corrected chi connectivity index (χ1v) is 8.14. The first-order valence-electron chi connectivity index (χ1n) is 8.14. The number of carbonyl (C=O) groups excluding carboxylic acids is 2. The molecule has 0 amide bonds. The van der Waals surface area contributed by atoms with Crippen LogP contribution in [0.15, 0.2) is 48.5 Å². The second kappa shape index (κ2) is 8.73. The van der Waals surface area contributed by atoms with E-state index in [1.807, 2.05) is 6.92 Å². The first kappa shape index (κ1) is 18.3. The largest absolute Gasteiger partial charge is 0.426 e. The number of nitrogen functional groups attached to an aromatic ring is 2. The fourth-order valence-electron chi connectivity index (χ4n) is 2.19. The highest BCUT2D eigenvalue weighted by molar-refractivity contribution is 5.96. The van der Waals surface area contributed by atoms with Crippen molar-refractivity contribution in [2.45, 2.75) is 26.2 Å². The molecule has 6 heteroatoms. The van der Waals surface area contributed by atoms with Gasteiger partial charge in [-0.25, -0.2) is 0 Å². The topological polar surface area (TPSA) is 105 Å². The maximum atomic E-state index is 12.4. The minimum absolute atomic E-state index is 0.334. The normalized spacial score (nSPS) is 10.5. The number of benzene rings is 2. The van der Waals surface area contributed by atoms with Crippen molar-refractivity contribution in [1.29, 1.82) is 0 Å². The van der Waals surface area contributed by atoms with E-state index in [2.05, 4.69) is 0 Å². The molecule has 0 atom stereocenters. The third-order valence-electron chi connectivity index (χ3n) is 3.61. The van der Waals surface area contributed by atoms with Gasteiger partial charge in [-0.1, -0.05) is 19.8 Å². The number of carbonyl (C=O) groups is 2. The number of rotatable bonds is 7. The molecule has 2 rings (SSSR count). The van der Waals surface area contributed by atoms with E-state index in [0.717, 1.165) is 6.42 Å². The predicted molar refractivity (Wildman–Crippen MR) is 96.0 cm³/mol. The van der Waals surface area contributed by atoms with Crippen LogP contribution < -0.4 is 20.9 Å². The Hall–Kier alpha value is -3.02. The molecule has 0 aliphatic carbocycles. The summed E-state index contributed by atoms with van der Waals surface area (Å²) >= 11 is 0. The van der Waals surface area contributed by atoms with Gasteiger partial charge in [0.15, 0.2) is 5.92 Å². The molecule has 0 bridgehead atoms. The van der Waals surface area contributed by atoms with Crippen LogP contribution in [0, 0.1) is 5.92 Å². The molecule has 0 aliphatic rings. The summed E-state index contributed by atoms with van der Waals surface area (Å²) in [5.41, 5.74) is 12.3. The lowest BCUT2D eigenvalue weighted by Crippen LogP contribution is -2.31. The van der Waals surface area contributed by atoms with Gasteiger partial charge in [-0.05, 0) is 55.0 Å². The fourth-order valence-corrected chi connectivity index (χ4v) is 2.19. The van der Waals surface area contributed by atoms with Gasteiger partial charge in [0.25, 0.3) is 0 Å². The number of hydrogen-bond donors (Lipinski definition) is 2. The molecule has 0 aromatic heterocycles. The van der Waals surface area contributed by atoms with E-state index in [9.17, 15) is 9.59 Å². The second-order valence-electron chi connectivity index (χ2n) is 5.68. The van der Waals surface area contributed by atoms with Crippen molar-refractivity contribution in [3.63, 3.8) is 0 Å². The van der Waals surface area contributed by atoms with Crippen LogP contribution >= 0.6 is 0 Å². The van der Waals surface area contributed by atoms with Gasteiger partial charge in [0.2, 0.25) is 0 Å². The van der Waals surface area contributed by atoms with Gasteiger partial charge >= 0.3 is 11.9 Å². The Morgan fingerprint density at radius 3 is 1.60 bits per heavy atom. The average molecular weight is 342 g/mol. The van der Waals surface area contributed by atoms with E-state index >= 15 is 0 Å². The Morgan fingerprint density at radius 1 is 0.840 bits per heavy atom. The smallest absolute Gasteiger partial charge is 0.325 e. The van der Waals surface area contributed by atoms with E-state index in [1.165, 1.54) is 0 Å². The average Bonchev–Trinajstić information content (AvgIpc) is 2.59. The van der Waals surface area contributed by atoms with Crippen LogP contribution in [-0.4, -0.2) is 11.9 Å². The van der Waals surface area contributed by atoms with Gasteiger partial charge in [-0.3, -0.25) is 9.59 Å². The highest BCUT2D eigenvalue weighted by Gasteiger charge is 2.30. The van der Waals surface area contributed by atoms with E-state index in [1.54, 1.807) is 48.5 Å². The van der Waals surface area contributed by atoms with Crippen LogP contribution in [0.5, 0.6) is 11.5 Å². The van der Waals surface area contributed by atoms with Crippen LogP contribution in [0.2, 0.25) is 0 Å². The third-order valence-corrected chi connectivity index (χ3v) is 3.61. The quantitative estimate of drug-likeness (QED) is 0.346. The highest BCUT2D eigenvalue weighted by atomic mass is 16.6. The molecule has 4 N–H and O–H groups in total. The van der Waals surface area contributed by atoms with Crippen molar-refractivity contribution in [2.24, 2.45) is 5.92 Å². The van der Waals surface area contributed by atoms with Crippen molar-refractivity contribution < 1.29 is 19.1 Å². The van der Waals surface area contributed by atoms with Crippen LogP contribution in [0.25, 0.3) is 0 Å². The summed E-state index contributed by atoms with van der Waals surface area (Å²) in [4.78, 5) is 24.8. The summed E-state index contributed by atoms with van der Waals surface area (Å²) in [6.45, 7) is 1.98. The van der Waals surface area contributed by atoms with Gasteiger partial charge < -0.3 is 20.9 Å². The van der Waals surface area contributed by atoms with Gasteiger partial charge in [0.05, 0.1) is 0 Å². The zero-order valence-electron chi connectivity index (χ0n) is 14.1. The Balaban J connectivity index is 2.07. The lowest BCUT2D eigenvalue weighted by Gasteiger charge is -2.15. The van der Waals surface area contributed by atoms with Gasteiger partial charge in [0, 0.05) is 11.4 Å². The van der Waals surface area contributed by atoms with E-state index < -0.39 is 17.9 Å². The second-order valence-corrected chi connectivity index (χ2v) is 5.68. The standard InChI is InChI=1S/C19H22N2O4/c1-2-3-4-17(18(22)24-15-9-5-13(20)6-10-15)19(23)25-16-11-7-14(21)8-12-16/h5-12,17H,2-4,20-21H2,1H3. The predicted octanol–water partition coefficient (Wildman–Crippen LogP) is 3.17. The lowest BCUT2D eigenvalue weighted by atomic mass is 10.0. The summed E-state index contributed by atoms with van der Waals surface area (Å²) in [6.07, 6.45) is 1.91. The maximum absolute atomic E-state index is 12.4. The summed E-state index contributed by atoms with van der Waals surface area (Å²) in [6, 6.07) is 12.8. The Labute approximate surface area is 146 Å². The molecule has 0 spiro atoms. The van der Waals surface area contributed by atoms with Crippen molar-refractivity contribution in [3.05, 3.63) is 48.5 Å². The number of ether oxygens (including phenoxy) is 2. The lowest BCUT2D eigenvalue weighted by molar-refractivity contribution is -0.151. The van der Waals surface area contributed by atoms with Crippen molar-refractivity contribution in [1.82, 2.24) is 0 Å². The molecule has 0 saturated heterocycles. The minimum Gasteiger partial charge on any atom is -0.426 e. The molecule has 0 aliphatic heterocycles. The van der Waals surface area contributed by atoms with Crippen molar-refractivity contribution >= 4 is 23.3 Å². The highest BCUT2D eigenvalue weighted by Crippen LogP contribution is 2.20. The molecule has 132 valence electrons. The monoisotopic (exact) mass is 342 g/mol. The first-order chi connectivity index (χ1) is 12.0.